The Labute approximate surface area is 198 Å². The Morgan fingerprint density at radius 2 is 1.86 bits per heavy atom. The van der Waals surface area contributed by atoms with E-state index in [-0.39, 0.29) is 29.7 Å². The van der Waals surface area contributed by atoms with Crippen molar-refractivity contribution in [2.24, 2.45) is 0 Å². The molecular weight excluding hydrogens is 467 g/mol. The Hall–Kier alpha value is -3.34. The highest BCUT2D eigenvalue weighted by Gasteiger charge is 2.55. The molecule has 35 heavy (non-hydrogen) atoms. The fraction of sp³-hybridized carbons (Fsp3) is 0.458. The maximum absolute atomic E-state index is 12.7. The Morgan fingerprint density at radius 1 is 1.23 bits per heavy atom. The van der Waals surface area contributed by atoms with Crippen LogP contribution in [0, 0.1) is 0 Å². The van der Waals surface area contributed by atoms with Gasteiger partial charge in [-0.05, 0) is 39.3 Å². The Kier molecular flexibility index (Phi) is 5.74. The van der Waals surface area contributed by atoms with Gasteiger partial charge in [-0.2, -0.15) is 13.2 Å². The van der Waals surface area contributed by atoms with Gasteiger partial charge in [0, 0.05) is 23.9 Å². The monoisotopic (exact) mass is 493 g/mol. The van der Waals surface area contributed by atoms with Gasteiger partial charge in [-0.25, -0.2) is 9.78 Å². The molecule has 1 aliphatic rings. The van der Waals surface area contributed by atoms with E-state index < -0.39 is 41.1 Å². The molecule has 0 spiro atoms. The number of furan rings is 1. The molecule has 188 valence electrons. The van der Waals surface area contributed by atoms with Crippen molar-refractivity contribution in [1.29, 1.82) is 0 Å². The second-order valence-corrected chi connectivity index (χ2v) is 10.3. The Morgan fingerprint density at radius 3 is 2.40 bits per heavy atom. The molecule has 0 atom stereocenters. The number of aromatic nitrogens is 2. The van der Waals surface area contributed by atoms with Gasteiger partial charge in [-0.3, -0.25) is 9.36 Å². The summed E-state index contributed by atoms with van der Waals surface area (Å²) in [6.07, 6.45) is -3.93. The number of alkyl halides is 3. The largest absolute Gasteiger partial charge is 0.438 e. The maximum Gasteiger partial charge on any atom is 0.408 e. The predicted molar refractivity (Wildman–Crippen MR) is 121 cm³/mol. The Balaban J connectivity index is 1.61. The zero-order valence-electron chi connectivity index (χ0n) is 19.7. The fourth-order valence-corrected chi connectivity index (χ4v) is 4.37. The first-order valence-electron chi connectivity index (χ1n) is 11.0. The zero-order valence-corrected chi connectivity index (χ0v) is 19.7. The minimum Gasteiger partial charge on any atom is -0.438 e. The van der Waals surface area contributed by atoms with Gasteiger partial charge in [-0.15, -0.1) is 0 Å². The van der Waals surface area contributed by atoms with Crippen molar-refractivity contribution in [3.8, 4) is 11.3 Å². The summed E-state index contributed by atoms with van der Waals surface area (Å²) in [6, 6.07) is 8.15. The van der Waals surface area contributed by atoms with E-state index in [1.54, 1.807) is 31.2 Å². The van der Waals surface area contributed by atoms with Crippen LogP contribution >= 0.6 is 0 Å². The molecule has 4 rings (SSSR count). The number of amides is 1. The summed E-state index contributed by atoms with van der Waals surface area (Å²) >= 11 is 0. The first-order valence-corrected chi connectivity index (χ1v) is 11.0. The molecule has 1 aromatic carbocycles. The molecule has 11 heteroatoms. The molecule has 3 aromatic rings. The molecule has 1 fully saturated rings. The van der Waals surface area contributed by atoms with Crippen LogP contribution in [0.15, 0.2) is 45.9 Å². The zero-order chi connectivity index (χ0) is 25.8. The van der Waals surface area contributed by atoms with E-state index in [1.165, 1.54) is 6.07 Å². The van der Waals surface area contributed by atoms with Crippen molar-refractivity contribution in [2.45, 2.75) is 70.0 Å². The summed E-state index contributed by atoms with van der Waals surface area (Å²) in [4.78, 5) is 28.7. The van der Waals surface area contributed by atoms with Crippen LogP contribution in [0.5, 0.6) is 0 Å². The number of nitrogens with one attached hydrogen (secondary N) is 1. The van der Waals surface area contributed by atoms with Gasteiger partial charge in [-0.1, -0.05) is 24.3 Å². The van der Waals surface area contributed by atoms with Crippen molar-refractivity contribution < 1.29 is 32.2 Å². The number of carbonyl (C=O) groups excluding carboxylic acids is 1. The predicted octanol–water partition coefficient (Wildman–Crippen LogP) is 4.48. The van der Waals surface area contributed by atoms with Gasteiger partial charge in [0.1, 0.15) is 29.6 Å². The molecule has 0 bridgehead atoms. The quantitative estimate of drug-likeness (QED) is 0.555. The number of benzene rings is 1. The molecule has 8 nitrogen and oxygen atoms in total. The van der Waals surface area contributed by atoms with Gasteiger partial charge < -0.3 is 19.6 Å². The van der Waals surface area contributed by atoms with Crippen molar-refractivity contribution in [1.82, 2.24) is 14.9 Å². The van der Waals surface area contributed by atoms with Gasteiger partial charge in [0.15, 0.2) is 0 Å². The highest BCUT2D eigenvalue weighted by atomic mass is 19.4. The first-order chi connectivity index (χ1) is 16.1. The maximum atomic E-state index is 12.7. The standard InChI is InChI=1S/C24H26F3N3O5/c1-21(2,3)29-20(32)35-23(10-22(4,33)11-23)15-7-5-14(6-8-15)17-9-16-18(34-17)28-13-30(19(16)31)12-24(25,26)27/h5-9,13,33H,10-12H2,1-4H3,(H,29,32). The lowest BCUT2D eigenvalue weighted by molar-refractivity contribution is -0.177. The molecule has 0 radical (unpaired) electrons. The van der Waals surface area contributed by atoms with Gasteiger partial charge in [0.05, 0.1) is 5.60 Å². The SMILES string of the molecule is CC1(O)CC(OC(=O)NC(C)(C)C)(c2ccc(-c3cc4c(=O)n(CC(F)(F)F)cnc4o3)cc2)C1. The second kappa shape index (κ2) is 8.11. The summed E-state index contributed by atoms with van der Waals surface area (Å²) < 4.78 is 50.0. The van der Waals surface area contributed by atoms with Gasteiger partial charge in [0.2, 0.25) is 5.71 Å². The molecule has 2 heterocycles. The lowest BCUT2D eigenvalue weighted by Gasteiger charge is -2.51. The number of fused-ring (bicyclic) bond motifs is 1. The summed E-state index contributed by atoms with van der Waals surface area (Å²) in [7, 11) is 0. The average Bonchev–Trinajstić information content (AvgIpc) is 3.11. The summed E-state index contributed by atoms with van der Waals surface area (Å²) in [5.41, 5.74) is -2.20. The molecule has 0 saturated heterocycles. The third-order valence-electron chi connectivity index (χ3n) is 5.66. The van der Waals surface area contributed by atoms with Crippen LogP contribution < -0.4 is 10.9 Å². The van der Waals surface area contributed by atoms with Crippen LogP contribution in [0.25, 0.3) is 22.4 Å². The molecule has 2 N–H and O–H groups in total. The van der Waals surface area contributed by atoms with Gasteiger partial charge in [0.25, 0.3) is 5.56 Å². The van der Waals surface area contributed by atoms with E-state index >= 15 is 0 Å². The van der Waals surface area contributed by atoms with E-state index in [9.17, 15) is 27.9 Å². The van der Waals surface area contributed by atoms with Gasteiger partial charge >= 0.3 is 12.3 Å². The summed E-state index contributed by atoms with van der Waals surface area (Å²) in [6.45, 7) is 5.70. The van der Waals surface area contributed by atoms with Crippen LogP contribution in [0.2, 0.25) is 0 Å². The van der Waals surface area contributed by atoms with Crippen molar-refractivity contribution in [3.63, 3.8) is 0 Å². The minimum atomic E-state index is -4.56. The topological polar surface area (TPSA) is 107 Å². The van der Waals surface area contributed by atoms with Crippen LogP contribution in [0.3, 0.4) is 0 Å². The molecule has 0 aliphatic heterocycles. The smallest absolute Gasteiger partial charge is 0.408 e. The molecule has 0 unspecified atom stereocenters. The van der Waals surface area contributed by atoms with E-state index in [0.717, 1.165) is 6.33 Å². The number of carbonyl (C=O) groups is 1. The molecule has 1 saturated carbocycles. The molecule has 1 amide bonds. The van der Waals surface area contributed by atoms with E-state index in [2.05, 4.69) is 10.3 Å². The highest BCUT2D eigenvalue weighted by molar-refractivity contribution is 5.79. The van der Waals surface area contributed by atoms with Crippen molar-refractivity contribution in [3.05, 3.63) is 52.6 Å². The summed E-state index contributed by atoms with van der Waals surface area (Å²) in [5, 5.41) is 13.0. The number of ether oxygens (including phenoxy) is 1. The number of nitrogens with zero attached hydrogens (tertiary/aromatic N) is 2. The van der Waals surface area contributed by atoms with E-state index in [4.69, 9.17) is 9.15 Å². The second-order valence-electron chi connectivity index (χ2n) is 10.3. The number of halogens is 3. The third kappa shape index (κ3) is 5.34. The Bertz CT molecular complexity index is 1310. The van der Waals surface area contributed by atoms with Crippen LogP contribution in [-0.4, -0.2) is 38.1 Å². The van der Waals surface area contributed by atoms with E-state index in [1.807, 2.05) is 20.8 Å². The first kappa shape index (κ1) is 24.8. The number of hydrogen-bond acceptors (Lipinski definition) is 6. The minimum absolute atomic E-state index is 0.0653. The van der Waals surface area contributed by atoms with Crippen LogP contribution in [-0.2, 0) is 16.9 Å². The number of rotatable bonds is 4. The van der Waals surface area contributed by atoms with E-state index in [0.29, 0.717) is 15.7 Å². The fourth-order valence-electron chi connectivity index (χ4n) is 4.37. The average molecular weight is 493 g/mol. The highest BCUT2D eigenvalue weighted by Crippen LogP contribution is 2.51. The lowest BCUT2D eigenvalue weighted by Crippen LogP contribution is -2.57. The number of hydrogen-bond donors (Lipinski definition) is 2. The molecule has 1 aliphatic carbocycles. The van der Waals surface area contributed by atoms with Crippen LogP contribution in [0.1, 0.15) is 46.1 Å². The lowest BCUT2D eigenvalue weighted by atomic mass is 9.65. The molecular formula is C24H26F3N3O5. The number of aliphatic hydroxyl groups is 1. The van der Waals surface area contributed by atoms with Crippen molar-refractivity contribution >= 4 is 17.2 Å². The van der Waals surface area contributed by atoms with Crippen LogP contribution in [0.4, 0.5) is 18.0 Å². The number of alkyl carbamates (subject to hydrolysis) is 1. The normalized spacial score (nSPS) is 22.6. The molecule has 2 aromatic heterocycles. The third-order valence-corrected chi connectivity index (χ3v) is 5.66. The van der Waals surface area contributed by atoms with Crippen molar-refractivity contribution in [2.75, 3.05) is 0 Å². The summed E-state index contributed by atoms with van der Waals surface area (Å²) in [5.74, 6) is 0.252.